The molecule has 6 rings (SSSR count). The van der Waals surface area contributed by atoms with Crippen LogP contribution in [0.5, 0.6) is 11.5 Å². The minimum absolute atomic E-state index is 0.0222. The Morgan fingerprint density at radius 1 is 1.10 bits per heavy atom. The van der Waals surface area contributed by atoms with Gasteiger partial charge in [0.05, 0.1) is 31.1 Å². The van der Waals surface area contributed by atoms with Crippen molar-refractivity contribution in [3.63, 3.8) is 0 Å². The van der Waals surface area contributed by atoms with Crippen LogP contribution in [0.1, 0.15) is 12.8 Å². The van der Waals surface area contributed by atoms with Crippen molar-refractivity contribution in [3.8, 4) is 28.6 Å². The molecule has 41 heavy (non-hydrogen) atoms. The number of hydrogen-bond donors (Lipinski definition) is 1. The van der Waals surface area contributed by atoms with Crippen LogP contribution in [0.3, 0.4) is 0 Å². The number of amides is 1. The van der Waals surface area contributed by atoms with Gasteiger partial charge in [-0.3, -0.25) is 9.48 Å². The molecular formula is C30H30FN7O3. The lowest BCUT2D eigenvalue weighted by molar-refractivity contribution is -0.116. The van der Waals surface area contributed by atoms with Gasteiger partial charge < -0.3 is 24.3 Å². The summed E-state index contributed by atoms with van der Waals surface area (Å²) in [7, 11) is 1.62. The van der Waals surface area contributed by atoms with Gasteiger partial charge in [-0.15, -0.1) is 0 Å². The van der Waals surface area contributed by atoms with Gasteiger partial charge in [-0.25, -0.2) is 14.4 Å². The van der Waals surface area contributed by atoms with Crippen molar-refractivity contribution in [3.05, 3.63) is 79.3 Å². The van der Waals surface area contributed by atoms with E-state index < -0.39 is 5.82 Å². The van der Waals surface area contributed by atoms with Gasteiger partial charge in [0.2, 0.25) is 5.91 Å². The second-order valence-electron chi connectivity index (χ2n) is 9.86. The van der Waals surface area contributed by atoms with Gasteiger partial charge in [0.15, 0.2) is 11.5 Å². The number of aromatic nitrogens is 5. The second-order valence-corrected chi connectivity index (χ2v) is 9.86. The highest BCUT2D eigenvalue weighted by Crippen LogP contribution is 2.35. The number of nitrogens with zero attached hydrogens (tertiary/aromatic N) is 6. The zero-order chi connectivity index (χ0) is 28.2. The summed E-state index contributed by atoms with van der Waals surface area (Å²) in [4.78, 5) is 24.0. The molecular weight excluding hydrogens is 525 g/mol. The van der Waals surface area contributed by atoms with E-state index in [0.29, 0.717) is 29.6 Å². The van der Waals surface area contributed by atoms with Gasteiger partial charge in [-0.2, -0.15) is 5.10 Å². The minimum atomic E-state index is -0.416. The van der Waals surface area contributed by atoms with Gasteiger partial charge in [0, 0.05) is 41.6 Å². The standard InChI is InChI=1S/C30H30FN7O3/c1-40-27-15-24-25(16-28(27)41-13-5-11-36-9-4-10-36)32-20-33-30(24)38-12-3-8-26(38)21-17-34-37(18-21)19-29(39)35-23-7-2-6-22(31)14-23/h2-3,6-8,12,14-18,20H,4-5,9-11,13,19H2,1H3,(H,35,39). The fraction of sp³-hybridized carbons (Fsp3) is 0.267. The smallest absolute Gasteiger partial charge is 0.246 e. The van der Waals surface area contributed by atoms with Gasteiger partial charge in [0.1, 0.15) is 24.5 Å². The predicted octanol–water partition coefficient (Wildman–Crippen LogP) is 4.55. The fourth-order valence-corrected chi connectivity index (χ4v) is 4.89. The first-order valence-corrected chi connectivity index (χ1v) is 13.5. The molecule has 0 radical (unpaired) electrons. The van der Waals surface area contributed by atoms with Crippen LogP contribution in [0.4, 0.5) is 10.1 Å². The number of likely N-dealkylation sites (tertiary alicyclic amines) is 1. The third kappa shape index (κ3) is 5.90. The molecule has 1 aliphatic heterocycles. The number of halogens is 1. The quantitative estimate of drug-likeness (QED) is 0.239. The van der Waals surface area contributed by atoms with Crippen LogP contribution in [-0.2, 0) is 11.3 Å². The summed E-state index contributed by atoms with van der Waals surface area (Å²) < 4.78 is 28.7. The molecule has 11 heteroatoms. The number of carbonyl (C=O) groups excluding carboxylic acids is 1. The van der Waals surface area contributed by atoms with E-state index in [1.165, 1.54) is 42.7 Å². The van der Waals surface area contributed by atoms with Crippen molar-refractivity contribution < 1.29 is 18.7 Å². The number of benzene rings is 2. The zero-order valence-electron chi connectivity index (χ0n) is 22.7. The molecule has 2 aromatic carbocycles. The lowest BCUT2D eigenvalue weighted by atomic mass is 10.2. The first-order valence-electron chi connectivity index (χ1n) is 13.5. The molecule has 3 aromatic heterocycles. The van der Waals surface area contributed by atoms with Gasteiger partial charge >= 0.3 is 0 Å². The Morgan fingerprint density at radius 3 is 2.80 bits per heavy atom. The Kier molecular flexibility index (Phi) is 7.59. The molecule has 0 saturated carbocycles. The first kappa shape index (κ1) is 26.5. The minimum Gasteiger partial charge on any atom is -0.493 e. The molecule has 1 amide bonds. The molecule has 0 atom stereocenters. The molecule has 1 aliphatic rings. The number of fused-ring (bicyclic) bond motifs is 1. The monoisotopic (exact) mass is 555 g/mol. The Hall–Kier alpha value is -4.77. The van der Waals surface area contributed by atoms with E-state index in [9.17, 15) is 9.18 Å². The third-order valence-electron chi connectivity index (χ3n) is 7.04. The summed E-state index contributed by atoms with van der Waals surface area (Å²) in [6.07, 6.45) is 9.15. The molecule has 1 fully saturated rings. The normalized spacial score (nSPS) is 13.2. The van der Waals surface area contributed by atoms with Gasteiger partial charge in [-0.05, 0) is 62.3 Å². The predicted molar refractivity (Wildman–Crippen MR) is 153 cm³/mol. The van der Waals surface area contributed by atoms with Gasteiger partial charge in [-0.1, -0.05) is 6.07 Å². The van der Waals surface area contributed by atoms with E-state index in [4.69, 9.17) is 9.47 Å². The Morgan fingerprint density at radius 2 is 2.00 bits per heavy atom. The number of ether oxygens (including phenoxy) is 2. The molecule has 0 aliphatic carbocycles. The van der Waals surface area contributed by atoms with Crippen LogP contribution >= 0.6 is 0 Å². The number of methoxy groups -OCH3 is 1. The average Bonchev–Trinajstić information content (AvgIpc) is 3.60. The largest absolute Gasteiger partial charge is 0.493 e. The molecule has 0 bridgehead atoms. The fourth-order valence-electron chi connectivity index (χ4n) is 4.89. The lowest BCUT2D eigenvalue weighted by Gasteiger charge is -2.30. The van der Waals surface area contributed by atoms with E-state index in [0.717, 1.165) is 35.1 Å². The Bertz CT molecular complexity index is 1680. The number of nitrogens with one attached hydrogen (secondary N) is 1. The van der Waals surface area contributed by atoms with Crippen molar-refractivity contribution in [2.75, 3.05) is 38.7 Å². The molecule has 5 aromatic rings. The van der Waals surface area contributed by atoms with Crippen molar-refractivity contribution >= 4 is 22.5 Å². The molecule has 210 valence electrons. The maximum atomic E-state index is 13.4. The highest BCUT2D eigenvalue weighted by molar-refractivity contribution is 5.91. The topological polar surface area (TPSA) is 99.3 Å². The summed E-state index contributed by atoms with van der Waals surface area (Å²) >= 11 is 0. The Balaban J connectivity index is 1.21. The van der Waals surface area contributed by atoms with E-state index in [-0.39, 0.29) is 12.5 Å². The van der Waals surface area contributed by atoms with Crippen LogP contribution in [0.15, 0.2) is 73.4 Å². The highest BCUT2D eigenvalue weighted by atomic mass is 19.1. The molecule has 10 nitrogen and oxygen atoms in total. The molecule has 1 N–H and O–H groups in total. The highest BCUT2D eigenvalue weighted by Gasteiger charge is 2.17. The summed E-state index contributed by atoms with van der Waals surface area (Å²) in [5, 5.41) is 7.85. The number of carbonyl (C=O) groups is 1. The van der Waals surface area contributed by atoms with Crippen LogP contribution in [-0.4, -0.2) is 68.5 Å². The maximum Gasteiger partial charge on any atom is 0.246 e. The van der Waals surface area contributed by atoms with Crippen molar-refractivity contribution in [2.24, 2.45) is 0 Å². The van der Waals surface area contributed by atoms with Crippen LogP contribution in [0.25, 0.3) is 28.0 Å². The zero-order valence-corrected chi connectivity index (χ0v) is 22.7. The van der Waals surface area contributed by atoms with Crippen LogP contribution in [0.2, 0.25) is 0 Å². The van der Waals surface area contributed by atoms with Crippen molar-refractivity contribution in [1.82, 2.24) is 29.2 Å². The number of rotatable bonds is 11. The van der Waals surface area contributed by atoms with E-state index in [1.807, 2.05) is 35.0 Å². The summed E-state index contributed by atoms with van der Waals surface area (Å²) in [5.41, 5.74) is 2.77. The van der Waals surface area contributed by atoms with E-state index in [2.05, 4.69) is 25.3 Å². The van der Waals surface area contributed by atoms with Crippen molar-refractivity contribution in [2.45, 2.75) is 19.4 Å². The van der Waals surface area contributed by atoms with Crippen LogP contribution in [0, 0.1) is 5.82 Å². The average molecular weight is 556 g/mol. The van der Waals surface area contributed by atoms with Crippen molar-refractivity contribution in [1.29, 1.82) is 0 Å². The molecule has 1 saturated heterocycles. The number of anilines is 1. The molecule has 4 heterocycles. The Labute approximate surface area is 236 Å². The SMILES string of the molecule is COc1cc2c(-n3cccc3-c3cnn(CC(=O)Nc4cccc(F)c4)c3)ncnc2cc1OCCCN1CCC1. The summed E-state index contributed by atoms with van der Waals surface area (Å²) in [6.45, 7) is 3.96. The second kappa shape index (κ2) is 11.8. The number of hydrogen-bond acceptors (Lipinski definition) is 7. The molecule has 0 spiro atoms. The third-order valence-corrected chi connectivity index (χ3v) is 7.04. The van der Waals surface area contributed by atoms with E-state index in [1.54, 1.807) is 31.6 Å². The van der Waals surface area contributed by atoms with Gasteiger partial charge in [0.25, 0.3) is 0 Å². The summed E-state index contributed by atoms with van der Waals surface area (Å²) in [5.74, 6) is 1.21. The molecule has 0 unspecified atom stereocenters. The van der Waals surface area contributed by atoms with E-state index >= 15 is 0 Å². The lowest BCUT2D eigenvalue weighted by Crippen LogP contribution is -2.38. The summed E-state index contributed by atoms with van der Waals surface area (Å²) in [6, 6.07) is 13.4. The van der Waals surface area contributed by atoms with Crippen LogP contribution < -0.4 is 14.8 Å². The first-order chi connectivity index (χ1) is 20.1. The maximum absolute atomic E-state index is 13.4.